The van der Waals surface area contributed by atoms with E-state index in [0.717, 1.165) is 11.8 Å². The number of amides is 2. The smallest absolute Gasteiger partial charge is 0.269 e. The van der Waals surface area contributed by atoms with E-state index in [2.05, 4.69) is 15.8 Å². The number of hydrazine groups is 1. The first-order chi connectivity index (χ1) is 9.49. The number of thioether (sulfide) groups is 1. The van der Waals surface area contributed by atoms with Crippen LogP contribution >= 0.6 is 11.8 Å². The molecule has 106 valence electrons. The summed E-state index contributed by atoms with van der Waals surface area (Å²) in [5.74, 6) is -1.25. The van der Waals surface area contributed by atoms with E-state index < -0.39 is 11.8 Å². The van der Waals surface area contributed by atoms with Crippen molar-refractivity contribution in [3.05, 3.63) is 35.9 Å². The fourth-order valence-corrected chi connectivity index (χ4v) is 1.62. The number of benzene rings is 1. The second kappa shape index (κ2) is 7.79. The van der Waals surface area contributed by atoms with E-state index in [1.165, 1.54) is 0 Å². The quantitative estimate of drug-likeness (QED) is 0.286. The largest absolute Gasteiger partial charge is 0.370 e. The van der Waals surface area contributed by atoms with Gasteiger partial charge in [0.2, 0.25) is 5.91 Å². The van der Waals surface area contributed by atoms with Crippen molar-refractivity contribution in [1.29, 1.82) is 5.41 Å². The Morgan fingerprint density at radius 1 is 1.20 bits per heavy atom. The maximum absolute atomic E-state index is 11.6. The number of hydrogen-bond donors (Lipinski definition) is 5. The number of guanidine groups is 1. The molecule has 0 aliphatic rings. The molecule has 0 aliphatic carbocycles. The topological polar surface area (TPSA) is 146 Å². The van der Waals surface area contributed by atoms with Crippen LogP contribution in [0.25, 0.3) is 0 Å². The summed E-state index contributed by atoms with van der Waals surface area (Å²) in [7, 11) is 0. The molecule has 0 bridgehead atoms. The molecule has 1 aromatic carbocycles. The van der Waals surface area contributed by atoms with E-state index >= 15 is 0 Å². The third kappa shape index (κ3) is 5.87. The van der Waals surface area contributed by atoms with E-state index in [-0.39, 0.29) is 16.9 Å². The highest BCUT2D eigenvalue weighted by atomic mass is 32.2. The Labute approximate surface area is 119 Å². The molecule has 2 amide bonds. The van der Waals surface area contributed by atoms with Crippen molar-refractivity contribution in [1.82, 2.24) is 10.9 Å². The summed E-state index contributed by atoms with van der Waals surface area (Å²) in [5, 5.41) is 7.13. The maximum atomic E-state index is 11.6. The first-order valence-corrected chi connectivity index (χ1v) is 6.43. The molecule has 0 unspecified atom stereocenters. The predicted octanol–water partition coefficient (Wildman–Crippen LogP) is -0.611. The van der Waals surface area contributed by atoms with Gasteiger partial charge in [-0.15, -0.1) is 0 Å². The van der Waals surface area contributed by atoms with Crippen molar-refractivity contribution < 1.29 is 9.59 Å². The molecule has 0 aliphatic heterocycles. The standard InChI is InChI=1S/C11H14N6O2S/c12-10(13)15-11(14)20-6-8(18)16-17-9(19)7-4-2-1-3-5-7/h1-5H,6H2,(H,16,18)(H,17,19)(H5,12,13,14,15). The van der Waals surface area contributed by atoms with Gasteiger partial charge in [0.1, 0.15) is 0 Å². The summed E-state index contributed by atoms with van der Waals surface area (Å²) in [5.41, 5.74) is 15.1. The summed E-state index contributed by atoms with van der Waals surface area (Å²) < 4.78 is 0. The zero-order chi connectivity index (χ0) is 15.0. The molecule has 0 saturated heterocycles. The molecule has 20 heavy (non-hydrogen) atoms. The minimum atomic E-state index is -0.477. The van der Waals surface area contributed by atoms with Gasteiger partial charge in [-0.05, 0) is 12.1 Å². The summed E-state index contributed by atoms with van der Waals surface area (Å²) in [6.07, 6.45) is 0. The van der Waals surface area contributed by atoms with Crippen molar-refractivity contribution in [3.8, 4) is 0 Å². The summed E-state index contributed by atoms with van der Waals surface area (Å²) >= 11 is 0.833. The molecule has 0 heterocycles. The SMILES string of the molecule is N=C(N=C(N)N)SCC(=O)NNC(=O)c1ccccc1. The van der Waals surface area contributed by atoms with Gasteiger partial charge in [0, 0.05) is 5.56 Å². The number of rotatable bonds is 3. The Kier molecular flexibility index (Phi) is 6.04. The minimum Gasteiger partial charge on any atom is -0.370 e. The normalized spacial score (nSPS) is 9.40. The molecule has 1 aromatic rings. The van der Waals surface area contributed by atoms with Crippen molar-refractivity contribution in [2.45, 2.75) is 0 Å². The zero-order valence-electron chi connectivity index (χ0n) is 10.4. The van der Waals surface area contributed by atoms with E-state index in [9.17, 15) is 9.59 Å². The Morgan fingerprint density at radius 2 is 1.85 bits per heavy atom. The zero-order valence-corrected chi connectivity index (χ0v) is 11.2. The molecular formula is C11H14N6O2S. The Bertz CT molecular complexity index is 527. The van der Waals surface area contributed by atoms with Crippen LogP contribution in [0.3, 0.4) is 0 Å². The van der Waals surface area contributed by atoms with Gasteiger partial charge in [-0.3, -0.25) is 25.8 Å². The van der Waals surface area contributed by atoms with Gasteiger partial charge >= 0.3 is 0 Å². The van der Waals surface area contributed by atoms with Gasteiger partial charge in [-0.25, -0.2) is 0 Å². The highest BCUT2D eigenvalue weighted by Crippen LogP contribution is 2.02. The molecule has 0 spiro atoms. The molecule has 1 rings (SSSR count). The van der Waals surface area contributed by atoms with Crippen LogP contribution in [0.5, 0.6) is 0 Å². The Morgan fingerprint density at radius 3 is 2.45 bits per heavy atom. The lowest BCUT2D eigenvalue weighted by molar-refractivity contribution is -0.119. The highest BCUT2D eigenvalue weighted by Gasteiger charge is 2.07. The van der Waals surface area contributed by atoms with Gasteiger partial charge in [0.25, 0.3) is 5.91 Å². The van der Waals surface area contributed by atoms with Crippen LogP contribution in [0.1, 0.15) is 10.4 Å². The molecule has 0 aromatic heterocycles. The van der Waals surface area contributed by atoms with Crippen LogP contribution in [0.4, 0.5) is 0 Å². The molecule has 7 N–H and O–H groups in total. The average molecular weight is 294 g/mol. The molecule has 0 atom stereocenters. The molecular weight excluding hydrogens is 280 g/mol. The lowest BCUT2D eigenvalue weighted by atomic mass is 10.2. The fourth-order valence-electron chi connectivity index (χ4n) is 1.11. The van der Waals surface area contributed by atoms with Crippen molar-refractivity contribution in [2.24, 2.45) is 16.5 Å². The number of nitrogens with one attached hydrogen (secondary N) is 3. The van der Waals surface area contributed by atoms with Gasteiger partial charge < -0.3 is 11.5 Å². The summed E-state index contributed by atoms with van der Waals surface area (Å²) in [6.45, 7) is 0. The average Bonchev–Trinajstić information content (AvgIpc) is 2.42. The summed E-state index contributed by atoms with van der Waals surface area (Å²) in [6, 6.07) is 8.43. The van der Waals surface area contributed by atoms with E-state index in [0.29, 0.717) is 5.56 Å². The van der Waals surface area contributed by atoms with Crippen LogP contribution < -0.4 is 22.3 Å². The van der Waals surface area contributed by atoms with Gasteiger partial charge in [-0.1, -0.05) is 30.0 Å². The lowest BCUT2D eigenvalue weighted by Gasteiger charge is -2.06. The van der Waals surface area contributed by atoms with Gasteiger partial charge in [-0.2, -0.15) is 4.99 Å². The molecule has 0 radical (unpaired) electrons. The predicted molar refractivity (Wildman–Crippen MR) is 78.0 cm³/mol. The maximum Gasteiger partial charge on any atom is 0.269 e. The van der Waals surface area contributed by atoms with E-state index in [1.54, 1.807) is 30.3 Å². The number of amidine groups is 1. The van der Waals surface area contributed by atoms with E-state index in [4.69, 9.17) is 16.9 Å². The van der Waals surface area contributed by atoms with Crippen LogP contribution in [0.15, 0.2) is 35.3 Å². The Hall–Kier alpha value is -2.55. The third-order valence-corrected chi connectivity index (χ3v) is 2.69. The third-order valence-electron chi connectivity index (χ3n) is 1.92. The van der Waals surface area contributed by atoms with Crippen LogP contribution in [-0.2, 0) is 4.79 Å². The lowest BCUT2D eigenvalue weighted by Crippen LogP contribution is -2.42. The molecule has 8 nitrogen and oxygen atoms in total. The number of aliphatic imine (C=N–C) groups is 1. The van der Waals surface area contributed by atoms with Crippen molar-refractivity contribution >= 4 is 34.7 Å². The number of hydrogen-bond acceptors (Lipinski definition) is 4. The number of nitrogens with zero attached hydrogens (tertiary/aromatic N) is 1. The highest BCUT2D eigenvalue weighted by molar-refractivity contribution is 8.14. The van der Waals surface area contributed by atoms with Crippen LogP contribution in [-0.4, -0.2) is 28.7 Å². The summed E-state index contributed by atoms with van der Waals surface area (Å²) in [4.78, 5) is 26.5. The van der Waals surface area contributed by atoms with Crippen LogP contribution in [0, 0.1) is 5.41 Å². The minimum absolute atomic E-state index is 0.0926. The molecule has 9 heteroatoms. The first kappa shape index (κ1) is 15.5. The monoisotopic (exact) mass is 294 g/mol. The molecule has 0 saturated carbocycles. The van der Waals surface area contributed by atoms with Crippen molar-refractivity contribution in [3.63, 3.8) is 0 Å². The van der Waals surface area contributed by atoms with E-state index in [1.807, 2.05) is 0 Å². The Balaban J connectivity index is 2.32. The second-order valence-electron chi connectivity index (χ2n) is 3.50. The number of nitrogens with two attached hydrogens (primary N) is 2. The number of carbonyl (C=O) groups is 2. The van der Waals surface area contributed by atoms with Crippen LogP contribution in [0.2, 0.25) is 0 Å². The van der Waals surface area contributed by atoms with Gasteiger partial charge in [0.05, 0.1) is 5.75 Å². The first-order valence-electron chi connectivity index (χ1n) is 5.44. The molecule has 0 fully saturated rings. The second-order valence-corrected chi connectivity index (χ2v) is 4.46. The van der Waals surface area contributed by atoms with Crippen molar-refractivity contribution in [2.75, 3.05) is 5.75 Å². The number of carbonyl (C=O) groups excluding carboxylic acids is 2. The van der Waals surface area contributed by atoms with Gasteiger partial charge in [0.15, 0.2) is 11.1 Å². The fraction of sp³-hybridized carbons (Fsp3) is 0.0909.